The lowest BCUT2D eigenvalue weighted by Crippen LogP contribution is -2.38. The molecule has 1 aliphatic heterocycles. The average Bonchev–Trinajstić information content (AvgIpc) is 3.11. The molecule has 10 heteroatoms. The molecule has 1 fully saturated rings. The Bertz CT molecular complexity index is 1140. The van der Waals surface area contributed by atoms with E-state index in [0.29, 0.717) is 10.5 Å². The summed E-state index contributed by atoms with van der Waals surface area (Å²) in [6.45, 7) is 5.70. The van der Waals surface area contributed by atoms with Gasteiger partial charge in [-0.05, 0) is 46.0 Å². The van der Waals surface area contributed by atoms with Crippen LogP contribution in [0, 0.1) is 6.92 Å². The fraction of sp³-hybridized carbons (Fsp3) is 0.400. The maximum Gasteiger partial charge on any atom is 0.281 e. The van der Waals surface area contributed by atoms with E-state index in [4.69, 9.17) is 0 Å². The fourth-order valence-corrected chi connectivity index (χ4v) is 3.88. The maximum absolute atomic E-state index is 14.1. The number of likely N-dealkylation sites (N-methyl/N-ethyl adjacent to an activating group) is 1. The summed E-state index contributed by atoms with van der Waals surface area (Å²) in [6, 6.07) is 4.60. The first-order valence-corrected chi connectivity index (χ1v) is 9.99. The van der Waals surface area contributed by atoms with E-state index in [9.17, 15) is 8.78 Å². The molecule has 0 bridgehead atoms. The Kier molecular flexibility index (Phi) is 5.23. The summed E-state index contributed by atoms with van der Waals surface area (Å²) < 4.78 is 29.8. The van der Waals surface area contributed by atoms with Gasteiger partial charge in [0.05, 0.1) is 40.4 Å². The first kappa shape index (κ1) is 20.7. The number of likely N-dealkylation sites (tertiary alicyclic amines) is 1. The van der Waals surface area contributed by atoms with Gasteiger partial charge in [-0.3, -0.25) is 14.9 Å². The molecule has 0 radical (unpaired) electrons. The first-order valence-electron chi connectivity index (χ1n) is 9.54. The number of alkyl halides is 2. The van der Waals surface area contributed by atoms with Crippen molar-refractivity contribution < 1.29 is 8.78 Å². The van der Waals surface area contributed by atoms with E-state index in [1.54, 1.807) is 22.7 Å². The van der Waals surface area contributed by atoms with Crippen molar-refractivity contribution in [3.63, 3.8) is 0 Å². The van der Waals surface area contributed by atoms with Gasteiger partial charge < -0.3 is 5.32 Å². The number of hydrogen-bond acceptors (Lipinski definition) is 7. The predicted octanol–water partition coefficient (Wildman–Crippen LogP) is 3.86. The summed E-state index contributed by atoms with van der Waals surface area (Å²) in [5.74, 6) is -2.71. The molecule has 1 N–H and O–H groups in total. The third kappa shape index (κ3) is 3.89. The summed E-state index contributed by atoms with van der Waals surface area (Å²) in [4.78, 5) is 15.0. The van der Waals surface area contributed by atoms with Crippen LogP contribution in [0.25, 0.3) is 16.8 Å². The minimum Gasteiger partial charge on any atom is -0.343 e. The molecule has 1 atom stereocenters. The number of thiol groups is 1. The Balaban J connectivity index is 1.68. The Morgan fingerprint density at radius 3 is 2.73 bits per heavy atom. The minimum atomic E-state index is -2.85. The highest BCUT2D eigenvalue weighted by molar-refractivity contribution is 7.80. The number of rotatable bonds is 4. The van der Waals surface area contributed by atoms with Crippen molar-refractivity contribution in [2.24, 2.45) is 4.99 Å². The third-order valence-electron chi connectivity index (χ3n) is 4.96. The van der Waals surface area contributed by atoms with E-state index in [1.807, 2.05) is 39.0 Å². The van der Waals surface area contributed by atoms with Gasteiger partial charge in [-0.25, -0.2) is 18.3 Å². The van der Waals surface area contributed by atoms with Gasteiger partial charge in [0, 0.05) is 17.8 Å². The molecule has 3 aromatic rings. The lowest BCUT2D eigenvalue weighted by molar-refractivity contribution is 0.00584. The molecule has 158 valence electrons. The van der Waals surface area contributed by atoms with Crippen LogP contribution in [0.3, 0.4) is 0 Å². The topological polar surface area (TPSA) is 70.7 Å². The summed E-state index contributed by atoms with van der Waals surface area (Å²) in [5.41, 5.74) is 4.82. The van der Waals surface area contributed by atoms with Gasteiger partial charge in [0.25, 0.3) is 5.92 Å². The van der Waals surface area contributed by atoms with Crippen molar-refractivity contribution in [3.8, 4) is 11.3 Å². The SMILES string of the molecule is CC(C)=Nc1ccc(-c2cc(S)n3nc(NC4CN(C)CC4(F)F)ncc23)nc1C. The molecule has 4 rings (SSSR count). The van der Waals surface area contributed by atoms with Crippen molar-refractivity contribution >= 4 is 35.5 Å². The molecular weight excluding hydrogens is 408 g/mol. The highest BCUT2D eigenvalue weighted by Gasteiger charge is 2.47. The van der Waals surface area contributed by atoms with Crippen molar-refractivity contribution in [3.05, 3.63) is 30.1 Å². The second kappa shape index (κ2) is 7.59. The zero-order valence-corrected chi connectivity index (χ0v) is 18.1. The number of hydrogen-bond donors (Lipinski definition) is 2. The van der Waals surface area contributed by atoms with Gasteiger partial charge in [0.2, 0.25) is 5.95 Å². The molecule has 0 amide bonds. The average molecular weight is 432 g/mol. The molecule has 0 saturated carbocycles. The Labute approximate surface area is 178 Å². The van der Waals surface area contributed by atoms with Crippen LogP contribution in [0.5, 0.6) is 0 Å². The molecule has 3 aromatic heterocycles. The van der Waals surface area contributed by atoms with Crippen LogP contribution in [-0.4, -0.2) is 62.3 Å². The standard InChI is InChI=1S/C20H23F2N7S/c1-11(2)24-14-5-6-15(25-12(14)3)13-7-18(30)29-16(13)8-23-19(27-29)26-17-9-28(4)10-20(17,21)22/h5-8,17,30H,9-10H2,1-4H3,(H,26,27). The van der Waals surface area contributed by atoms with E-state index >= 15 is 0 Å². The van der Waals surface area contributed by atoms with Gasteiger partial charge in [0.15, 0.2) is 0 Å². The Morgan fingerprint density at radius 1 is 1.33 bits per heavy atom. The smallest absolute Gasteiger partial charge is 0.281 e. The van der Waals surface area contributed by atoms with Crippen molar-refractivity contribution in [1.29, 1.82) is 0 Å². The number of anilines is 1. The van der Waals surface area contributed by atoms with Crippen LogP contribution < -0.4 is 5.32 Å². The van der Waals surface area contributed by atoms with Gasteiger partial charge in [-0.1, -0.05) is 0 Å². The van der Waals surface area contributed by atoms with Crippen LogP contribution in [-0.2, 0) is 0 Å². The predicted molar refractivity (Wildman–Crippen MR) is 117 cm³/mol. The van der Waals surface area contributed by atoms with E-state index in [0.717, 1.165) is 28.4 Å². The normalized spacial score (nSPS) is 18.7. The van der Waals surface area contributed by atoms with Gasteiger partial charge in [0.1, 0.15) is 6.04 Å². The molecule has 1 unspecified atom stereocenters. The van der Waals surface area contributed by atoms with Crippen molar-refractivity contribution in [2.45, 2.75) is 37.8 Å². The van der Waals surface area contributed by atoms with Crippen molar-refractivity contribution in [2.75, 3.05) is 25.5 Å². The van der Waals surface area contributed by atoms with Crippen LogP contribution in [0.2, 0.25) is 0 Å². The zero-order chi connectivity index (χ0) is 21.6. The highest BCUT2D eigenvalue weighted by atomic mass is 32.1. The lowest BCUT2D eigenvalue weighted by Gasteiger charge is -2.18. The zero-order valence-electron chi connectivity index (χ0n) is 17.2. The van der Waals surface area contributed by atoms with Crippen LogP contribution in [0.4, 0.5) is 20.4 Å². The largest absolute Gasteiger partial charge is 0.343 e. The number of fused-ring (bicyclic) bond motifs is 1. The highest BCUT2D eigenvalue weighted by Crippen LogP contribution is 2.31. The molecule has 0 spiro atoms. The summed E-state index contributed by atoms with van der Waals surface area (Å²) in [6.07, 6.45) is 1.60. The quantitative estimate of drug-likeness (QED) is 0.485. The number of aromatic nitrogens is 4. The number of nitrogens with one attached hydrogen (secondary N) is 1. The second-order valence-electron chi connectivity index (χ2n) is 7.81. The van der Waals surface area contributed by atoms with Crippen LogP contribution in [0.15, 0.2) is 34.4 Å². The van der Waals surface area contributed by atoms with E-state index < -0.39 is 12.0 Å². The Morgan fingerprint density at radius 2 is 2.10 bits per heavy atom. The maximum atomic E-state index is 14.1. The molecule has 30 heavy (non-hydrogen) atoms. The molecule has 0 aromatic carbocycles. The van der Waals surface area contributed by atoms with Crippen molar-refractivity contribution in [1.82, 2.24) is 24.5 Å². The van der Waals surface area contributed by atoms with E-state index in [2.05, 4.69) is 38.0 Å². The number of pyridine rings is 1. The summed E-state index contributed by atoms with van der Waals surface area (Å²) in [5, 5.41) is 7.70. The molecule has 1 saturated heterocycles. The third-order valence-corrected chi connectivity index (χ3v) is 5.28. The lowest BCUT2D eigenvalue weighted by atomic mass is 10.1. The summed E-state index contributed by atoms with van der Waals surface area (Å²) >= 11 is 4.50. The van der Waals surface area contributed by atoms with E-state index in [-0.39, 0.29) is 19.0 Å². The number of aryl methyl sites for hydroxylation is 1. The van der Waals surface area contributed by atoms with Crippen LogP contribution >= 0.6 is 12.6 Å². The van der Waals surface area contributed by atoms with Gasteiger partial charge in [-0.2, -0.15) is 0 Å². The molecule has 0 aliphatic carbocycles. The van der Waals surface area contributed by atoms with E-state index in [1.165, 1.54) is 0 Å². The molecular formula is C20H23F2N7S. The number of halogens is 2. The van der Waals surface area contributed by atoms with Gasteiger partial charge in [-0.15, -0.1) is 17.7 Å². The van der Waals surface area contributed by atoms with Crippen LogP contribution in [0.1, 0.15) is 19.5 Å². The monoisotopic (exact) mass is 431 g/mol. The number of aliphatic imine (C=N–C) groups is 1. The first-order chi connectivity index (χ1) is 14.1. The minimum absolute atomic E-state index is 0.132. The Hall–Kier alpha value is -2.59. The molecule has 1 aliphatic rings. The fourth-order valence-electron chi connectivity index (χ4n) is 3.59. The second-order valence-corrected chi connectivity index (χ2v) is 8.27. The molecule has 7 nitrogen and oxygen atoms in total. The summed E-state index contributed by atoms with van der Waals surface area (Å²) in [7, 11) is 1.66. The molecule has 4 heterocycles. The number of nitrogens with zero attached hydrogens (tertiary/aromatic N) is 6. The van der Waals surface area contributed by atoms with Gasteiger partial charge >= 0.3 is 0 Å².